The summed E-state index contributed by atoms with van der Waals surface area (Å²) in [6.07, 6.45) is 6.17. The number of halogens is 1. The lowest BCUT2D eigenvalue weighted by molar-refractivity contribution is 1.20. The van der Waals surface area contributed by atoms with Crippen molar-refractivity contribution in [1.82, 2.24) is 0 Å². The van der Waals surface area contributed by atoms with Crippen LogP contribution in [0.3, 0.4) is 0 Å². The number of hydrogen-bond donors (Lipinski definition) is 0. The molecule has 0 aliphatic heterocycles. The van der Waals surface area contributed by atoms with Gasteiger partial charge in [0.2, 0.25) is 0 Å². The molecule has 0 fully saturated rings. The van der Waals surface area contributed by atoms with Gasteiger partial charge in [0.1, 0.15) is 0 Å². The smallest absolute Gasteiger partial charge is 0.0292 e. The van der Waals surface area contributed by atoms with E-state index in [4.69, 9.17) is 0 Å². The van der Waals surface area contributed by atoms with E-state index in [-0.39, 0.29) is 0 Å². The number of hydrogen-bond acceptors (Lipinski definition) is 0. The number of benzene rings is 3. The van der Waals surface area contributed by atoms with E-state index in [0.717, 1.165) is 12.8 Å². The second-order valence-electron chi connectivity index (χ2n) is 7.77. The lowest BCUT2D eigenvalue weighted by Crippen LogP contribution is -1.99. The van der Waals surface area contributed by atoms with Gasteiger partial charge in [0.15, 0.2) is 0 Å². The molecule has 0 bridgehead atoms. The Balaban J connectivity index is 1.97. The van der Waals surface area contributed by atoms with Crippen LogP contribution in [0.25, 0.3) is 21.7 Å². The third-order valence-corrected chi connectivity index (χ3v) is 6.78. The molecule has 3 aromatic carbocycles. The van der Waals surface area contributed by atoms with E-state index in [1.807, 2.05) is 0 Å². The number of aryl methyl sites for hydroxylation is 1. The average Bonchev–Trinajstić information content (AvgIpc) is 3.10. The van der Waals surface area contributed by atoms with Gasteiger partial charge in [0.05, 0.1) is 0 Å². The molecule has 0 radical (unpaired) electrons. The zero-order valence-corrected chi connectivity index (χ0v) is 19.5. The first-order chi connectivity index (χ1) is 14.6. The fourth-order valence-electron chi connectivity index (χ4n) is 4.41. The van der Waals surface area contributed by atoms with Crippen molar-refractivity contribution in [3.63, 3.8) is 0 Å². The summed E-state index contributed by atoms with van der Waals surface area (Å²) >= 11 is 3.96. The van der Waals surface area contributed by atoms with Crippen molar-refractivity contribution in [3.05, 3.63) is 118 Å². The quantitative estimate of drug-likeness (QED) is 0.338. The van der Waals surface area contributed by atoms with Crippen LogP contribution in [0.5, 0.6) is 0 Å². The van der Waals surface area contributed by atoms with E-state index in [0.29, 0.717) is 0 Å². The maximum atomic E-state index is 3.96. The molecule has 0 aromatic heterocycles. The minimum Gasteiger partial charge on any atom is -0.0871 e. The SMILES string of the molecule is C/C=C/c1ccc(/C(C2=C(Br)c3ccccc3C2)=C(/CC)c2ccccc2C)cc1. The van der Waals surface area contributed by atoms with Gasteiger partial charge in [-0.15, -0.1) is 0 Å². The first-order valence-corrected chi connectivity index (χ1v) is 11.4. The molecule has 0 spiro atoms. The molecule has 0 atom stereocenters. The highest BCUT2D eigenvalue weighted by Gasteiger charge is 2.25. The van der Waals surface area contributed by atoms with Gasteiger partial charge in [0.25, 0.3) is 0 Å². The topological polar surface area (TPSA) is 0 Å². The normalized spacial score (nSPS) is 14.3. The molecule has 150 valence electrons. The Morgan fingerprint density at radius 2 is 1.63 bits per heavy atom. The first kappa shape index (κ1) is 20.6. The molecule has 0 saturated carbocycles. The van der Waals surface area contributed by atoms with Crippen LogP contribution in [0, 0.1) is 6.92 Å². The molecule has 1 aliphatic rings. The van der Waals surface area contributed by atoms with Crippen LogP contribution >= 0.6 is 15.9 Å². The summed E-state index contributed by atoms with van der Waals surface area (Å²) in [6, 6.07) is 26.5. The lowest BCUT2D eigenvalue weighted by Gasteiger charge is -2.19. The first-order valence-electron chi connectivity index (χ1n) is 10.6. The van der Waals surface area contributed by atoms with Crippen molar-refractivity contribution in [2.75, 3.05) is 0 Å². The summed E-state index contributed by atoms with van der Waals surface area (Å²) < 4.78 is 1.23. The van der Waals surface area contributed by atoms with Crippen LogP contribution in [0.1, 0.15) is 53.6 Å². The molecule has 0 amide bonds. The highest BCUT2D eigenvalue weighted by molar-refractivity contribution is 9.15. The summed E-state index contributed by atoms with van der Waals surface area (Å²) in [6.45, 7) is 6.54. The standard InChI is InChI=1S/C29H27Br/c1-4-10-21-15-17-22(18-16-21)28(24(5-2)25-13-8-6-11-20(25)3)27-19-23-12-7-9-14-26(23)29(27)30/h4,6-18H,5,19H2,1-3H3/b10-4+,28-24+. The maximum Gasteiger partial charge on any atom is 0.0292 e. The summed E-state index contributed by atoms with van der Waals surface area (Å²) in [5.74, 6) is 0. The van der Waals surface area contributed by atoms with Crippen molar-refractivity contribution in [2.45, 2.75) is 33.6 Å². The minimum absolute atomic E-state index is 0.956. The summed E-state index contributed by atoms with van der Waals surface area (Å²) in [5.41, 5.74) is 12.0. The Bertz CT molecular complexity index is 1160. The maximum absolute atomic E-state index is 3.96. The zero-order chi connectivity index (χ0) is 21.1. The van der Waals surface area contributed by atoms with E-state index in [1.54, 1.807) is 0 Å². The van der Waals surface area contributed by atoms with Gasteiger partial charge in [-0.2, -0.15) is 0 Å². The molecule has 0 unspecified atom stereocenters. The fraction of sp³-hybridized carbons (Fsp3) is 0.172. The summed E-state index contributed by atoms with van der Waals surface area (Å²) in [4.78, 5) is 0. The molecule has 3 aromatic rings. The van der Waals surface area contributed by atoms with Gasteiger partial charge in [-0.05, 0) is 92.7 Å². The van der Waals surface area contributed by atoms with Crippen molar-refractivity contribution < 1.29 is 0 Å². The second-order valence-corrected chi connectivity index (χ2v) is 8.56. The number of allylic oxidation sites excluding steroid dienone is 4. The highest BCUT2D eigenvalue weighted by Crippen LogP contribution is 2.46. The second kappa shape index (κ2) is 9.02. The van der Waals surface area contributed by atoms with Crippen molar-refractivity contribution >= 4 is 37.6 Å². The Labute approximate surface area is 188 Å². The van der Waals surface area contributed by atoms with Gasteiger partial charge in [-0.3, -0.25) is 0 Å². The minimum atomic E-state index is 0.956. The number of fused-ring (bicyclic) bond motifs is 1. The van der Waals surface area contributed by atoms with Crippen LogP contribution in [0.15, 0.2) is 84.4 Å². The van der Waals surface area contributed by atoms with E-state index in [2.05, 4.69) is 122 Å². The molecule has 30 heavy (non-hydrogen) atoms. The van der Waals surface area contributed by atoms with Crippen LogP contribution < -0.4 is 0 Å². The third kappa shape index (κ3) is 3.87. The van der Waals surface area contributed by atoms with Gasteiger partial charge >= 0.3 is 0 Å². The van der Waals surface area contributed by atoms with Crippen molar-refractivity contribution in [2.24, 2.45) is 0 Å². The molecule has 1 aliphatic carbocycles. The summed E-state index contributed by atoms with van der Waals surface area (Å²) in [7, 11) is 0. The molecule has 0 nitrogen and oxygen atoms in total. The van der Waals surface area contributed by atoms with Crippen molar-refractivity contribution in [1.29, 1.82) is 0 Å². The molecular formula is C29H27Br. The van der Waals surface area contributed by atoms with Crippen LogP contribution in [-0.2, 0) is 6.42 Å². The average molecular weight is 455 g/mol. The molecule has 4 rings (SSSR count). The van der Waals surface area contributed by atoms with Crippen molar-refractivity contribution in [3.8, 4) is 0 Å². The van der Waals surface area contributed by atoms with E-state index < -0.39 is 0 Å². The van der Waals surface area contributed by atoms with Gasteiger partial charge in [0, 0.05) is 4.48 Å². The Morgan fingerprint density at radius 1 is 0.933 bits per heavy atom. The predicted octanol–water partition coefficient (Wildman–Crippen LogP) is 8.71. The van der Waals surface area contributed by atoms with E-state index in [9.17, 15) is 0 Å². The molecule has 0 saturated heterocycles. The van der Waals surface area contributed by atoms with Gasteiger partial charge < -0.3 is 0 Å². The molecule has 0 heterocycles. The number of rotatable bonds is 5. The van der Waals surface area contributed by atoms with E-state index in [1.165, 1.54) is 54.6 Å². The van der Waals surface area contributed by atoms with Gasteiger partial charge in [-0.1, -0.05) is 91.9 Å². The van der Waals surface area contributed by atoms with Crippen LogP contribution in [0.4, 0.5) is 0 Å². The van der Waals surface area contributed by atoms with E-state index >= 15 is 0 Å². The zero-order valence-electron chi connectivity index (χ0n) is 17.9. The molecule has 1 heteroatoms. The monoisotopic (exact) mass is 454 g/mol. The fourth-order valence-corrected chi connectivity index (χ4v) is 5.14. The van der Waals surface area contributed by atoms with Crippen LogP contribution in [0.2, 0.25) is 0 Å². The van der Waals surface area contributed by atoms with Gasteiger partial charge in [-0.25, -0.2) is 0 Å². The Morgan fingerprint density at radius 3 is 2.30 bits per heavy atom. The Kier molecular flexibility index (Phi) is 6.20. The molecular weight excluding hydrogens is 428 g/mol. The highest BCUT2D eigenvalue weighted by atomic mass is 79.9. The molecule has 0 N–H and O–H groups in total. The predicted molar refractivity (Wildman–Crippen MR) is 135 cm³/mol. The largest absolute Gasteiger partial charge is 0.0871 e. The summed E-state index contributed by atoms with van der Waals surface area (Å²) in [5, 5.41) is 0. The van der Waals surface area contributed by atoms with Crippen LogP contribution in [-0.4, -0.2) is 0 Å². The Hall–Kier alpha value is -2.64. The lowest BCUT2D eigenvalue weighted by atomic mass is 9.85. The third-order valence-electron chi connectivity index (χ3n) is 5.87.